The third-order valence-corrected chi connectivity index (χ3v) is 6.40. The monoisotopic (exact) mass is 542 g/mol. The van der Waals surface area contributed by atoms with Gasteiger partial charge in [-0.1, -0.05) is 17.7 Å². The predicted octanol–water partition coefficient (Wildman–Crippen LogP) is 3.88. The molecule has 1 fully saturated rings. The van der Waals surface area contributed by atoms with E-state index < -0.39 is 35.3 Å². The molecule has 198 valence electrons. The first-order valence-electron chi connectivity index (χ1n) is 11.5. The van der Waals surface area contributed by atoms with Gasteiger partial charge >= 0.3 is 12.0 Å². The Labute approximate surface area is 221 Å². The molecule has 3 N–H and O–H groups in total. The molecule has 0 aliphatic carbocycles. The van der Waals surface area contributed by atoms with Gasteiger partial charge in [-0.3, -0.25) is 9.59 Å². The molecule has 0 bridgehead atoms. The molecule has 0 saturated carbocycles. The van der Waals surface area contributed by atoms with Gasteiger partial charge in [0.15, 0.2) is 0 Å². The number of esters is 1. The van der Waals surface area contributed by atoms with E-state index in [2.05, 4.69) is 20.4 Å². The van der Waals surface area contributed by atoms with Crippen molar-refractivity contribution >= 4 is 40.9 Å². The van der Waals surface area contributed by atoms with Crippen molar-refractivity contribution in [2.75, 3.05) is 31.4 Å². The predicted molar refractivity (Wildman–Crippen MR) is 139 cm³/mol. The smallest absolute Gasteiger partial charge is 0.344 e. The van der Waals surface area contributed by atoms with Gasteiger partial charge in [0.25, 0.3) is 5.56 Å². The molecule has 3 amide bonds. The van der Waals surface area contributed by atoms with Gasteiger partial charge in [-0.05, 0) is 48.0 Å². The van der Waals surface area contributed by atoms with Crippen molar-refractivity contribution in [1.82, 2.24) is 9.88 Å². The molecular weight excluding hydrogens is 519 g/mol. The number of aromatic amines is 1. The molecule has 4 rings (SSSR count). The zero-order valence-electron chi connectivity index (χ0n) is 20.4. The second-order valence-corrected chi connectivity index (χ2v) is 8.91. The average molecular weight is 543 g/mol. The summed E-state index contributed by atoms with van der Waals surface area (Å²) in [5.74, 6) is -2.27. The van der Waals surface area contributed by atoms with Gasteiger partial charge in [0.2, 0.25) is 5.91 Å². The molecule has 1 aromatic heterocycles. The van der Waals surface area contributed by atoms with Crippen molar-refractivity contribution < 1.29 is 28.2 Å². The molecule has 12 heteroatoms. The molecule has 0 spiro atoms. The summed E-state index contributed by atoms with van der Waals surface area (Å²) in [7, 11) is 2.61. The number of aromatic nitrogens is 1. The number of ether oxygens (including phenoxy) is 2. The molecule has 1 saturated heterocycles. The van der Waals surface area contributed by atoms with E-state index in [1.165, 1.54) is 36.4 Å². The minimum absolute atomic E-state index is 0.137. The number of hydrogen-bond donors (Lipinski definition) is 3. The van der Waals surface area contributed by atoms with E-state index in [0.717, 1.165) is 13.2 Å². The summed E-state index contributed by atoms with van der Waals surface area (Å²) in [6.07, 6.45) is 1.15. The highest BCUT2D eigenvalue weighted by Gasteiger charge is 2.40. The molecule has 10 nitrogen and oxygen atoms in total. The highest BCUT2D eigenvalue weighted by atomic mass is 35.5. The summed E-state index contributed by atoms with van der Waals surface area (Å²) in [5.41, 5.74) is -0.199. The van der Waals surface area contributed by atoms with Gasteiger partial charge in [0, 0.05) is 42.5 Å². The van der Waals surface area contributed by atoms with Crippen LogP contribution < -0.4 is 16.2 Å². The Hall–Kier alpha value is -4.22. The number of nitrogens with zero attached hydrogens (tertiary/aromatic N) is 1. The van der Waals surface area contributed by atoms with Crippen LogP contribution in [0.3, 0.4) is 0 Å². The van der Waals surface area contributed by atoms with Crippen LogP contribution >= 0.6 is 11.6 Å². The number of carbonyl (C=O) groups is 3. The number of likely N-dealkylation sites (tertiary alicyclic amines) is 1. The van der Waals surface area contributed by atoms with Crippen LogP contribution in [0.15, 0.2) is 59.5 Å². The standard InChI is InChI=1S/C26H24ClFN4O6/c1-37-17-12-21(32(13-17)26(36)30-16-6-4-15(27)5-7-16)23(33)31-20-8-3-14(11-19(20)28)18-9-10-29-24(34)22(18)25(35)38-2/h3-11,17,21H,12-13H2,1-2H3,(H,29,34)(H,30,36)(H,31,33)/t17-,21-/m1/s1. The van der Waals surface area contributed by atoms with E-state index in [4.69, 9.17) is 16.3 Å². The Morgan fingerprint density at radius 1 is 1.08 bits per heavy atom. The number of urea groups is 1. The van der Waals surface area contributed by atoms with Crippen LogP contribution in [0.4, 0.5) is 20.6 Å². The number of carbonyl (C=O) groups excluding carboxylic acids is 3. The Morgan fingerprint density at radius 3 is 2.47 bits per heavy atom. The summed E-state index contributed by atoms with van der Waals surface area (Å²) in [5, 5.41) is 5.75. The van der Waals surface area contributed by atoms with Gasteiger partial charge < -0.3 is 30.0 Å². The van der Waals surface area contributed by atoms with Crippen molar-refractivity contribution in [3.8, 4) is 11.1 Å². The first-order chi connectivity index (χ1) is 18.2. The zero-order chi connectivity index (χ0) is 27.4. The molecule has 0 unspecified atom stereocenters. The van der Waals surface area contributed by atoms with Gasteiger partial charge in [-0.15, -0.1) is 0 Å². The van der Waals surface area contributed by atoms with Gasteiger partial charge in [0.05, 0.1) is 18.9 Å². The maximum atomic E-state index is 15.1. The first-order valence-corrected chi connectivity index (χ1v) is 11.9. The van der Waals surface area contributed by atoms with E-state index in [9.17, 15) is 19.2 Å². The lowest BCUT2D eigenvalue weighted by atomic mass is 10.0. The Kier molecular flexibility index (Phi) is 8.08. The summed E-state index contributed by atoms with van der Waals surface area (Å²) in [6, 6.07) is 10.4. The van der Waals surface area contributed by atoms with E-state index in [0.29, 0.717) is 10.7 Å². The Balaban J connectivity index is 1.53. The number of anilines is 2. The van der Waals surface area contributed by atoms with Crippen molar-refractivity contribution in [1.29, 1.82) is 0 Å². The van der Waals surface area contributed by atoms with E-state index in [1.807, 2.05) is 0 Å². The quantitative estimate of drug-likeness (QED) is 0.405. The number of hydrogen-bond acceptors (Lipinski definition) is 6. The summed E-state index contributed by atoms with van der Waals surface area (Å²) >= 11 is 5.89. The number of H-pyrrole nitrogens is 1. The highest BCUT2D eigenvalue weighted by molar-refractivity contribution is 6.30. The molecule has 1 aliphatic heterocycles. The molecule has 1 aliphatic rings. The average Bonchev–Trinajstić information content (AvgIpc) is 3.35. The van der Waals surface area contributed by atoms with Crippen molar-refractivity contribution in [3.63, 3.8) is 0 Å². The number of nitrogens with one attached hydrogen (secondary N) is 3. The highest BCUT2D eigenvalue weighted by Crippen LogP contribution is 2.28. The van der Waals surface area contributed by atoms with Crippen LogP contribution in [0.1, 0.15) is 16.8 Å². The minimum Gasteiger partial charge on any atom is -0.465 e. The lowest BCUT2D eigenvalue weighted by molar-refractivity contribution is -0.119. The molecule has 3 aromatic rings. The summed E-state index contributed by atoms with van der Waals surface area (Å²) in [6.45, 7) is 0.161. The zero-order valence-corrected chi connectivity index (χ0v) is 21.2. The van der Waals surface area contributed by atoms with E-state index >= 15 is 4.39 Å². The number of halogens is 2. The third kappa shape index (κ3) is 5.68. The topological polar surface area (TPSA) is 130 Å². The molecule has 2 aromatic carbocycles. The van der Waals surface area contributed by atoms with Crippen molar-refractivity contribution in [3.05, 3.63) is 81.5 Å². The van der Waals surface area contributed by atoms with Crippen LogP contribution in [0.5, 0.6) is 0 Å². The van der Waals surface area contributed by atoms with Crippen LogP contribution in [0.2, 0.25) is 5.02 Å². The normalized spacial score (nSPS) is 16.7. The fourth-order valence-electron chi connectivity index (χ4n) is 4.19. The Morgan fingerprint density at radius 2 is 1.82 bits per heavy atom. The van der Waals surface area contributed by atoms with Gasteiger partial charge in [-0.25, -0.2) is 14.0 Å². The second-order valence-electron chi connectivity index (χ2n) is 8.47. The van der Waals surface area contributed by atoms with Crippen LogP contribution in [-0.4, -0.2) is 60.7 Å². The maximum Gasteiger partial charge on any atom is 0.344 e. The van der Waals surface area contributed by atoms with Crippen LogP contribution in [0.25, 0.3) is 11.1 Å². The largest absolute Gasteiger partial charge is 0.465 e. The molecule has 38 heavy (non-hydrogen) atoms. The fraction of sp³-hybridized carbons (Fsp3) is 0.231. The molecular formula is C26H24ClFN4O6. The number of benzene rings is 2. The number of amides is 3. The number of methoxy groups -OCH3 is 2. The SMILES string of the molecule is COC(=O)c1c(-c2ccc(NC(=O)[C@H]3C[C@@H](OC)CN3C(=O)Nc3ccc(Cl)cc3)c(F)c2)cc[nH]c1=O. The molecule has 2 atom stereocenters. The van der Waals surface area contributed by atoms with Gasteiger partial charge in [-0.2, -0.15) is 0 Å². The molecule has 2 heterocycles. The van der Waals surface area contributed by atoms with Crippen molar-refractivity contribution in [2.45, 2.75) is 18.6 Å². The van der Waals surface area contributed by atoms with E-state index in [-0.39, 0.29) is 41.4 Å². The van der Waals surface area contributed by atoms with Crippen LogP contribution in [0, 0.1) is 5.82 Å². The molecule has 0 radical (unpaired) electrons. The van der Waals surface area contributed by atoms with E-state index in [1.54, 1.807) is 24.3 Å². The number of pyridine rings is 1. The minimum atomic E-state index is -0.926. The number of rotatable bonds is 6. The summed E-state index contributed by atoms with van der Waals surface area (Å²) < 4.78 is 25.1. The maximum absolute atomic E-state index is 15.1. The lowest BCUT2D eigenvalue weighted by Crippen LogP contribution is -2.45. The first kappa shape index (κ1) is 26.8. The van der Waals surface area contributed by atoms with Crippen LogP contribution in [-0.2, 0) is 14.3 Å². The summed E-state index contributed by atoms with van der Waals surface area (Å²) in [4.78, 5) is 54.1. The Bertz CT molecular complexity index is 1430. The lowest BCUT2D eigenvalue weighted by Gasteiger charge is -2.24. The van der Waals surface area contributed by atoms with Crippen molar-refractivity contribution in [2.24, 2.45) is 0 Å². The fourth-order valence-corrected chi connectivity index (χ4v) is 4.32. The van der Waals surface area contributed by atoms with Gasteiger partial charge in [0.1, 0.15) is 17.4 Å². The third-order valence-electron chi connectivity index (χ3n) is 6.14. The second kappa shape index (κ2) is 11.4.